The van der Waals surface area contributed by atoms with E-state index < -0.39 is 0 Å². The van der Waals surface area contributed by atoms with Gasteiger partial charge in [-0.25, -0.2) is 4.98 Å². The van der Waals surface area contributed by atoms with E-state index in [1.807, 2.05) is 0 Å². The molecular formula is C12H18ClN3S. The normalized spacial score (nSPS) is 14.5. The maximum Gasteiger partial charge on any atom is 0.195 e. The van der Waals surface area contributed by atoms with Crippen molar-refractivity contribution < 1.29 is 0 Å². The predicted molar refractivity (Wildman–Crippen MR) is 74.0 cm³/mol. The molecule has 0 saturated heterocycles. The van der Waals surface area contributed by atoms with Crippen molar-refractivity contribution in [2.75, 3.05) is 0 Å². The molecule has 1 atom stereocenters. The summed E-state index contributed by atoms with van der Waals surface area (Å²) in [6, 6.07) is 0.0687. The van der Waals surface area contributed by atoms with Gasteiger partial charge in [0.25, 0.3) is 0 Å². The van der Waals surface area contributed by atoms with Gasteiger partial charge in [0.2, 0.25) is 0 Å². The molecule has 0 amide bonds. The zero-order valence-corrected chi connectivity index (χ0v) is 12.2. The molecular weight excluding hydrogens is 254 g/mol. The zero-order valence-electron chi connectivity index (χ0n) is 10.6. The monoisotopic (exact) mass is 271 g/mol. The van der Waals surface area contributed by atoms with Crippen LogP contribution >= 0.6 is 22.9 Å². The lowest BCUT2D eigenvalue weighted by Crippen LogP contribution is -2.37. The van der Waals surface area contributed by atoms with Gasteiger partial charge < -0.3 is 5.73 Å². The highest BCUT2D eigenvalue weighted by molar-refractivity contribution is 7.15. The highest BCUT2D eigenvalue weighted by Crippen LogP contribution is 2.28. The van der Waals surface area contributed by atoms with Crippen molar-refractivity contribution >= 4 is 27.9 Å². The minimum Gasteiger partial charge on any atom is -0.327 e. The molecule has 2 N–H and O–H groups in total. The first kappa shape index (κ1) is 12.9. The molecule has 0 aliphatic rings. The van der Waals surface area contributed by atoms with E-state index in [9.17, 15) is 0 Å². The Kier molecular flexibility index (Phi) is 3.23. The van der Waals surface area contributed by atoms with Crippen LogP contribution < -0.4 is 5.73 Å². The molecule has 2 aromatic heterocycles. The molecule has 0 fully saturated rings. The van der Waals surface area contributed by atoms with Crippen LogP contribution in [0.15, 0.2) is 5.38 Å². The van der Waals surface area contributed by atoms with Gasteiger partial charge in [-0.1, -0.05) is 32.4 Å². The largest absolute Gasteiger partial charge is 0.327 e. The number of nitrogens with zero attached hydrogens (tertiary/aromatic N) is 2. The first-order chi connectivity index (χ1) is 7.80. The van der Waals surface area contributed by atoms with Gasteiger partial charge in [-0.2, -0.15) is 0 Å². The maximum absolute atomic E-state index is 6.22. The molecule has 17 heavy (non-hydrogen) atoms. The molecule has 0 aromatic carbocycles. The van der Waals surface area contributed by atoms with E-state index in [0.29, 0.717) is 5.15 Å². The zero-order chi connectivity index (χ0) is 12.8. The van der Waals surface area contributed by atoms with E-state index >= 15 is 0 Å². The Morgan fingerprint density at radius 1 is 1.53 bits per heavy atom. The molecule has 2 heterocycles. The fraction of sp³-hybridized carbons (Fsp3) is 0.583. The Bertz CT molecular complexity index is 536. The fourth-order valence-corrected chi connectivity index (χ4v) is 2.91. The summed E-state index contributed by atoms with van der Waals surface area (Å²) in [5.74, 6) is 0. The number of fused-ring (bicyclic) bond motifs is 1. The third kappa shape index (κ3) is 2.34. The number of halogens is 1. The Balaban J connectivity index is 2.41. The van der Waals surface area contributed by atoms with Crippen LogP contribution in [0.5, 0.6) is 0 Å². The molecule has 0 aliphatic heterocycles. The maximum atomic E-state index is 6.22. The second kappa shape index (κ2) is 4.26. The number of nitrogens with two attached hydrogens (primary N) is 1. The van der Waals surface area contributed by atoms with Gasteiger partial charge in [-0.15, -0.1) is 11.3 Å². The number of thiazole rings is 1. The van der Waals surface area contributed by atoms with Crippen LogP contribution in [0.3, 0.4) is 0 Å². The van der Waals surface area contributed by atoms with Crippen molar-refractivity contribution in [3.63, 3.8) is 0 Å². The highest BCUT2D eigenvalue weighted by Gasteiger charge is 2.24. The Labute approximate surface area is 111 Å². The van der Waals surface area contributed by atoms with Crippen molar-refractivity contribution in [3.05, 3.63) is 21.9 Å². The summed E-state index contributed by atoms with van der Waals surface area (Å²) in [5.41, 5.74) is 8.49. The fourth-order valence-electron chi connectivity index (χ4n) is 1.73. The van der Waals surface area contributed by atoms with Crippen molar-refractivity contribution in [2.45, 2.75) is 40.2 Å². The SMILES string of the molecule is Cc1csc2nc(Cl)c(CC(N)C(C)(C)C)n12. The van der Waals surface area contributed by atoms with Gasteiger partial charge in [0.15, 0.2) is 10.1 Å². The van der Waals surface area contributed by atoms with Crippen LogP contribution in [0.1, 0.15) is 32.2 Å². The van der Waals surface area contributed by atoms with Crippen LogP contribution in [0.25, 0.3) is 4.96 Å². The molecule has 2 aromatic rings. The number of aromatic nitrogens is 2. The Morgan fingerprint density at radius 3 is 2.76 bits per heavy atom. The summed E-state index contributed by atoms with van der Waals surface area (Å²) in [6.45, 7) is 8.49. The van der Waals surface area contributed by atoms with Crippen molar-refractivity contribution in [2.24, 2.45) is 11.1 Å². The van der Waals surface area contributed by atoms with E-state index in [4.69, 9.17) is 17.3 Å². The lowest BCUT2D eigenvalue weighted by atomic mass is 9.85. The third-order valence-electron chi connectivity index (χ3n) is 3.11. The molecule has 1 unspecified atom stereocenters. The second-order valence-corrected chi connectivity index (χ2v) is 6.72. The lowest BCUT2D eigenvalue weighted by molar-refractivity contribution is 0.316. The summed E-state index contributed by atoms with van der Waals surface area (Å²) in [6.07, 6.45) is 0.751. The minimum absolute atomic E-state index is 0.0669. The summed E-state index contributed by atoms with van der Waals surface area (Å²) >= 11 is 7.80. The summed E-state index contributed by atoms with van der Waals surface area (Å²) in [5, 5.41) is 2.67. The number of hydrogen-bond acceptors (Lipinski definition) is 3. The van der Waals surface area contributed by atoms with Gasteiger partial charge >= 0.3 is 0 Å². The summed E-state index contributed by atoms with van der Waals surface area (Å²) < 4.78 is 2.11. The highest BCUT2D eigenvalue weighted by atomic mass is 35.5. The van der Waals surface area contributed by atoms with Crippen molar-refractivity contribution in [3.8, 4) is 0 Å². The molecule has 0 bridgehead atoms. The molecule has 0 saturated carbocycles. The average Bonchev–Trinajstić information content (AvgIpc) is 2.68. The summed E-state index contributed by atoms with van der Waals surface area (Å²) in [4.78, 5) is 5.31. The molecule has 0 spiro atoms. The third-order valence-corrected chi connectivity index (χ3v) is 4.35. The van der Waals surface area contributed by atoms with Crippen molar-refractivity contribution in [1.29, 1.82) is 0 Å². The molecule has 94 valence electrons. The predicted octanol–water partition coefficient (Wildman–Crippen LogP) is 3.27. The standard InChI is InChI=1S/C12H18ClN3S/c1-7-6-17-11-15-10(13)8(16(7)11)5-9(14)12(2,3)4/h6,9H,5,14H2,1-4H3. The summed E-state index contributed by atoms with van der Waals surface area (Å²) in [7, 11) is 0. The average molecular weight is 272 g/mol. The van der Waals surface area contributed by atoms with Gasteiger partial charge in [-0.3, -0.25) is 4.40 Å². The minimum atomic E-state index is 0.0669. The van der Waals surface area contributed by atoms with E-state index in [2.05, 4.69) is 42.5 Å². The van der Waals surface area contributed by atoms with Crippen LogP contribution in [0.4, 0.5) is 0 Å². The van der Waals surface area contributed by atoms with Crippen LogP contribution in [-0.2, 0) is 6.42 Å². The van der Waals surface area contributed by atoms with Gasteiger partial charge in [0.1, 0.15) is 0 Å². The first-order valence-corrected chi connectivity index (χ1v) is 6.93. The topological polar surface area (TPSA) is 43.3 Å². The Hall–Kier alpha value is -0.580. The van der Waals surface area contributed by atoms with Gasteiger partial charge in [0.05, 0.1) is 5.69 Å². The van der Waals surface area contributed by atoms with Gasteiger partial charge in [0, 0.05) is 23.5 Å². The molecule has 3 nitrogen and oxygen atoms in total. The van der Waals surface area contributed by atoms with Gasteiger partial charge in [-0.05, 0) is 12.3 Å². The van der Waals surface area contributed by atoms with E-state index in [0.717, 1.165) is 17.1 Å². The van der Waals surface area contributed by atoms with E-state index in [1.165, 1.54) is 5.69 Å². The second-order valence-electron chi connectivity index (χ2n) is 5.52. The van der Waals surface area contributed by atoms with Crippen LogP contribution in [0, 0.1) is 12.3 Å². The quantitative estimate of drug-likeness (QED) is 0.911. The molecule has 0 radical (unpaired) electrons. The van der Waals surface area contributed by atoms with Crippen molar-refractivity contribution in [1.82, 2.24) is 9.38 Å². The molecule has 5 heteroatoms. The molecule has 0 aliphatic carbocycles. The number of imidazole rings is 1. The van der Waals surface area contributed by atoms with Crippen LogP contribution in [0.2, 0.25) is 5.15 Å². The first-order valence-electron chi connectivity index (χ1n) is 5.67. The number of hydrogen-bond donors (Lipinski definition) is 1. The number of aryl methyl sites for hydroxylation is 1. The van der Waals surface area contributed by atoms with Crippen LogP contribution in [-0.4, -0.2) is 15.4 Å². The molecule has 2 rings (SSSR count). The smallest absolute Gasteiger partial charge is 0.195 e. The Morgan fingerprint density at radius 2 is 2.18 bits per heavy atom. The number of rotatable bonds is 2. The van der Waals surface area contributed by atoms with E-state index in [-0.39, 0.29) is 11.5 Å². The van der Waals surface area contributed by atoms with E-state index in [1.54, 1.807) is 11.3 Å². The lowest BCUT2D eigenvalue weighted by Gasteiger charge is -2.26.